The van der Waals surface area contributed by atoms with Gasteiger partial charge in [-0.15, -0.1) is 6.58 Å². The molecule has 1 aliphatic heterocycles. The molecule has 1 nitrogen and oxygen atoms in total. The molecule has 0 radical (unpaired) electrons. The first kappa shape index (κ1) is 20.7. The fourth-order valence-electron chi connectivity index (χ4n) is 4.13. The van der Waals surface area contributed by atoms with Crippen molar-refractivity contribution in [1.29, 1.82) is 0 Å². The van der Waals surface area contributed by atoms with E-state index in [9.17, 15) is 13.2 Å². The maximum Gasteiger partial charge on any atom is 0.161 e. The topological polar surface area (TPSA) is 9.23 Å². The molecule has 1 heterocycles. The molecule has 0 aromatic heterocycles. The zero-order valence-electron chi connectivity index (χ0n) is 17.0. The van der Waals surface area contributed by atoms with Gasteiger partial charge in [-0.3, -0.25) is 0 Å². The second-order valence-electron chi connectivity index (χ2n) is 8.03. The average molecular weight is 410 g/mol. The molecule has 4 atom stereocenters. The van der Waals surface area contributed by atoms with E-state index in [1.165, 1.54) is 0 Å². The van der Waals surface area contributed by atoms with E-state index < -0.39 is 12.3 Å². The van der Waals surface area contributed by atoms with Crippen LogP contribution < -0.4 is 0 Å². The molecule has 0 spiro atoms. The maximum atomic E-state index is 14.9. The molecule has 2 aromatic carbocycles. The van der Waals surface area contributed by atoms with Crippen LogP contribution in [0.2, 0.25) is 0 Å². The third kappa shape index (κ3) is 4.01. The van der Waals surface area contributed by atoms with Crippen molar-refractivity contribution in [3.05, 3.63) is 89.8 Å². The smallest absolute Gasteiger partial charge is 0.161 e. The van der Waals surface area contributed by atoms with Crippen molar-refractivity contribution in [3.63, 3.8) is 0 Å². The van der Waals surface area contributed by atoms with Gasteiger partial charge in [-0.1, -0.05) is 54.6 Å². The Balaban J connectivity index is 1.53. The van der Waals surface area contributed by atoms with Crippen molar-refractivity contribution >= 4 is 5.57 Å². The van der Waals surface area contributed by atoms with Gasteiger partial charge >= 0.3 is 0 Å². The van der Waals surface area contributed by atoms with E-state index in [4.69, 9.17) is 4.74 Å². The van der Waals surface area contributed by atoms with Crippen molar-refractivity contribution in [2.75, 3.05) is 6.61 Å². The second kappa shape index (κ2) is 8.65. The standard InChI is InChI=1S/C26H25F3O/c1-3-21-11-9-20(15-30-21)19-10-13-22(24(27)14-19)17-5-7-18(8-6-17)23-12-4-16(2)25(28)26(23)29/h3-8,10,12-14,20-21,25-26H,1,9,11,15H2,2H3. The van der Waals surface area contributed by atoms with Crippen LogP contribution in [0.25, 0.3) is 16.7 Å². The molecule has 2 aliphatic rings. The number of alkyl halides is 2. The quantitative estimate of drug-likeness (QED) is 0.495. The summed E-state index contributed by atoms with van der Waals surface area (Å²) in [5.41, 5.74) is 3.41. The first-order valence-electron chi connectivity index (χ1n) is 10.3. The normalized spacial score (nSPS) is 26.7. The van der Waals surface area contributed by atoms with Gasteiger partial charge in [-0.05, 0) is 53.7 Å². The number of benzene rings is 2. The summed E-state index contributed by atoms with van der Waals surface area (Å²) in [5.74, 6) is -0.120. The number of rotatable bonds is 4. The maximum absolute atomic E-state index is 14.9. The van der Waals surface area contributed by atoms with Crippen molar-refractivity contribution in [3.8, 4) is 11.1 Å². The van der Waals surface area contributed by atoms with Crippen LogP contribution in [-0.4, -0.2) is 25.1 Å². The van der Waals surface area contributed by atoms with Crippen LogP contribution in [0.3, 0.4) is 0 Å². The van der Waals surface area contributed by atoms with E-state index in [2.05, 4.69) is 6.58 Å². The summed E-state index contributed by atoms with van der Waals surface area (Å²) in [7, 11) is 0. The van der Waals surface area contributed by atoms with E-state index in [-0.39, 0.29) is 17.8 Å². The van der Waals surface area contributed by atoms with Gasteiger partial charge < -0.3 is 4.74 Å². The highest BCUT2D eigenvalue weighted by molar-refractivity contribution is 5.75. The molecular formula is C26H25F3O. The fourth-order valence-corrected chi connectivity index (χ4v) is 4.13. The van der Waals surface area contributed by atoms with Gasteiger partial charge in [0, 0.05) is 11.5 Å². The number of hydrogen-bond donors (Lipinski definition) is 0. The van der Waals surface area contributed by atoms with Crippen LogP contribution in [0, 0.1) is 5.82 Å². The van der Waals surface area contributed by atoms with Crippen molar-refractivity contribution in [2.45, 2.75) is 44.1 Å². The van der Waals surface area contributed by atoms with Gasteiger partial charge in [-0.2, -0.15) is 0 Å². The van der Waals surface area contributed by atoms with Crippen LogP contribution in [0.4, 0.5) is 13.2 Å². The van der Waals surface area contributed by atoms with Gasteiger partial charge in [0.05, 0.1) is 12.7 Å². The van der Waals surface area contributed by atoms with Gasteiger partial charge in [0.1, 0.15) is 5.82 Å². The average Bonchev–Trinajstić information content (AvgIpc) is 2.78. The molecule has 1 fully saturated rings. The van der Waals surface area contributed by atoms with E-state index in [0.717, 1.165) is 18.4 Å². The summed E-state index contributed by atoms with van der Waals surface area (Å²) in [6.45, 7) is 5.90. The summed E-state index contributed by atoms with van der Waals surface area (Å²) in [4.78, 5) is 0. The third-order valence-corrected chi connectivity index (χ3v) is 6.08. The summed E-state index contributed by atoms with van der Waals surface area (Å²) in [6.07, 6.45) is 3.63. The Bertz CT molecular complexity index is 982. The second-order valence-corrected chi connectivity index (χ2v) is 8.03. The molecule has 1 aliphatic carbocycles. The zero-order valence-corrected chi connectivity index (χ0v) is 17.0. The lowest BCUT2D eigenvalue weighted by Gasteiger charge is -2.27. The van der Waals surface area contributed by atoms with Crippen LogP contribution in [0.15, 0.2) is 72.8 Å². The Morgan fingerprint density at radius 2 is 1.70 bits per heavy atom. The molecule has 156 valence electrons. The highest BCUT2D eigenvalue weighted by Crippen LogP contribution is 2.34. The summed E-state index contributed by atoms with van der Waals surface area (Å²) >= 11 is 0. The lowest BCUT2D eigenvalue weighted by atomic mass is 9.89. The van der Waals surface area contributed by atoms with E-state index in [1.807, 2.05) is 12.1 Å². The Labute approximate surface area is 175 Å². The first-order valence-corrected chi connectivity index (χ1v) is 10.3. The van der Waals surface area contributed by atoms with Gasteiger partial charge in [-0.25, -0.2) is 13.2 Å². The van der Waals surface area contributed by atoms with E-state index in [1.54, 1.807) is 55.5 Å². The summed E-state index contributed by atoms with van der Waals surface area (Å²) < 4.78 is 49.0. The SMILES string of the molecule is C=CC1CCC(c2ccc(-c3ccc(C4=CC=C(C)C(F)C4F)cc3)c(F)c2)CO1. The molecule has 0 amide bonds. The summed E-state index contributed by atoms with van der Waals surface area (Å²) in [5, 5.41) is 0. The first-order chi connectivity index (χ1) is 14.5. The molecule has 0 saturated carbocycles. The molecule has 0 bridgehead atoms. The van der Waals surface area contributed by atoms with Gasteiger partial charge in [0.15, 0.2) is 12.3 Å². The third-order valence-electron chi connectivity index (χ3n) is 6.08. The molecule has 4 heteroatoms. The molecule has 1 saturated heterocycles. The lowest BCUT2D eigenvalue weighted by Crippen LogP contribution is -2.23. The lowest BCUT2D eigenvalue weighted by molar-refractivity contribution is 0.0328. The van der Waals surface area contributed by atoms with Crippen molar-refractivity contribution < 1.29 is 17.9 Å². The van der Waals surface area contributed by atoms with Crippen molar-refractivity contribution in [2.24, 2.45) is 0 Å². The Morgan fingerprint density at radius 3 is 2.33 bits per heavy atom. The number of ether oxygens (including phenoxy) is 1. The summed E-state index contributed by atoms with van der Waals surface area (Å²) in [6, 6.07) is 12.2. The Hall–Kier alpha value is -2.59. The minimum atomic E-state index is -1.68. The van der Waals surface area contributed by atoms with Crippen LogP contribution in [0.1, 0.15) is 36.8 Å². The monoisotopic (exact) mass is 410 g/mol. The van der Waals surface area contributed by atoms with E-state index in [0.29, 0.717) is 34.4 Å². The highest BCUT2D eigenvalue weighted by Gasteiger charge is 2.29. The zero-order chi connectivity index (χ0) is 21.3. The largest absolute Gasteiger partial charge is 0.374 e. The Morgan fingerprint density at radius 1 is 0.967 bits per heavy atom. The highest BCUT2D eigenvalue weighted by atomic mass is 19.2. The molecule has 4 unspecified atom stereocenters. The Kier molecular flexibility index (Phi) is 5.96. The minimum absolute atomic E-state index is 0.0826. The van der Waals surface area contributed by atoms with E-state index >= 15 is 0 Å². The van der Waals surface area contributed by atoms with Crippen LogP contribution >= 0.6 is 0 Å². The van der Waals surface area contributed by atoms with Gasteiger partial charge in [0.2, 0.25) is 0 Å². The predicted molar refractivity (Wildman–Crippen MR) is 115 cm³/mol. The van der Waals surface area contributed by atoms with Crippen LogP contribution in [-0.2, 0) is 4.74 Å². The minimum Gasteiger partial charge on any atom is -0.374 e. The number of allylic oxidation sites excluding steroid dienone is 4. The van der Waals surface area contributed by atoms with Crippen molar-refractivity contribution in [1.82, 2.24) is 0 Å². The molecule has 30 heavy (non-hydrogen) atoms. The number of hydrogen-bond acceptors (Lipinski definition) is 1. The van der Waals surface area contributed by atoms with Gasteiger partial charge in [0.25, 0.3) is 0 Å². The molecule has 2 aromatic rings. The fraction of sp³-hybridized carbons (Fsp3) is 0.308. The molecular weight excluding hydrogens is 385 g/mol. The predicted octanol–water partition coefficient (Wildman–Crippen LogP) is 6.96. The van der Waals surface area contributed by atoms with Crippen LogP contribution in [0.5, 0.6) is 0 Å². The molecule has 0 N–H and O–H groups in total. The number of halogens is 3. The molecule has 4 rings (SSSR count).